The number of aromatic nitrogens is 1. The molecule has 0 aliphatic heterocycles. The van der Waals surface area contributed by atoms with Crippen molar-refractivity contribution >= 4 is 22.6 Å². The number of pyridine rings is 1. The molecule has 0 aliphatic rings. The fraction of sp³-hybridized carbons (Fsp3) is 0.233. The fourth-order valence-electron chi connectivity index (χ4n) is 4.39. The third kappa shape index (κ3) is 4.79. The van der Waals surface area contributed by atoms with Crippen molar-refractivity contribution in [3.63, 3.8) is 0 Å². The van der Waals surface area contributed by atoms with Gasteiger partial charge in [0.2, 0.25) is 0 Å². The maximum atomic E-state index is 11.7. The van der Waals surface area contributed by atoms with Gasteiger partial charge in [-0.15, -0.1) is 0 Å². The Hall–Kier alpha value is -4.21. The van der Waals surface area contributed by atoms with Crippen LogP contribution >= 0.6 is 0 Å². The van der Waals surface area contributed by atoms with Gasteiger partial charge in [-0.3, -0.25) is 0 Å². The van der Waals surface area contributed by atoms with Gasteiger partial charge in [0.15, 0.2) is 0 Å². The van der Waals surface area contributed by atoms with Crippen LogP contribution in [0, 0.1) is 18.3 Å². The summed E-state index contributed by atoms with van der Waals surface area (Å²) in [5.74, 6) is -0.984. The Morgan fingerprint density at radius 3 is 2.44 bits per heavy atom. The third-order valence-corrected chi connectivity index (χ3v) is 6.61. The van der Waals surface area contributed by atoms with Crippen LogP contribution in [0.5, 0.6) is 0 Å². The number of carboxylic acids is 1. The summed E-state index contributed by atoms with van der Waals surface area (Å²) in [6.07, 6.45) is 0. The Morgan fingerprint density at radius 2 is 1.81 bits per heavy atom. The lowest BCUT2D eigenvalue weighted by Gasteiger charge is -2.23. The number of rotatable bonds is 7. The first-order chi connectivity index (χ1) is 17.1. The predicted molar refractivity (Wildman–Crippen MR) is 142 cm³/mol. The van der Waals surface area contributed by atoms with E-state index in [0.717, 1.165) is 38.7 Å². The first-order valence-electron chi connectivity index (χ1n) is 11.7. The van der Waals surface area contributed by atoms with Crippen molar-refractivity contribution in [2.75, 3.05) is 12.4 Å². The lowest BCUT2D eigenvalue weighted by Crippen LogP contribution is -2.19. The third-order valence-electron chi connectivity index (χ3n) is 6.61. The molecule has 1 atom stereocenters. The summed E-state index contributed by atoms with van der Waals surface area (Å²) in [4.78, 5) is 16.4. The molecule has 4 aromatic rings. The van der Waals surface area contributed by atoms with Gasteiger partial charge in [-0.2, -0.15) is 5.26 Å². The second kappa shape index (κ2) is 9.80. The Labute approximate surface area is 211 Å². The van der Waals surface area contributed by atoms with Crippen LogP contribution in [0.2, 0.25) is 0 Å². The molecule has 0 saturated heterocycles. The highest BCUT2D eigenvalue weighted by atomic mass is 16.5. The van der Waals surface area contributed by atoms with Gasteiger partial charge in [-0.05, 0) is 74.2 Å². The predicted octanol–water partition coefficient (Wildman–Crippen LogP) is 6.83. The van der Waals surface area contributed by atoms with Gasteiger partial charge < -0.3 is 15.2 Å². The smallest absolute Gasteiger partial charge is 0.337 e. The van der Waals surface area contributed by atoms with E-state index in [0.29, 0.717) is 11.4 Å². The van der Waals surface area contributed by atoms with Crippen LogP contribution in [0.3, 0.4) is 0 Å². The first-order valence-corrected chi connectivity index (χ1v) is 11.7. The number of methoxy groups -OCH3 is 1. The van der Waals surface area contributed by atoms with E-state index < -0.39 is 11.6 Å². The van der Waals surface area contributed by atoms with E-state index in [9.17, 15) is 15.2 Å². The number of fused-ring (bicyclic) bond motifs is 1. The molecule has 1 unspecified atom stereocenters. The maximum absolute atomic E-state index is 11.7. The quantitative estimate of drug-likeness (QED) is 0.301. The average molecular weight is 480 g/mol. The highest BCUT2D eigenvalue weighted by Gasteiger charge is 2.21. The number of nitrogens with zero attached hydrogens (tertiary/aromatic N) is 2. The summed E-state index contributed by atoms with van der Waals surface area (Å²) in [6, 6.07) is 22.9. The summed E-state index contributed by atoms with van der Waals surface area (Å²) >= 11 is 0. The van der Waals surface area contributed by atoms with Crippen molar-refractivity contribution in [2.24, 2.45) is 0 Å². The van der Waals surface area contributed by atoms with E-state index in [1.807, 2.05) is 70.2 Å². The van der Waals surface area contributed by atoms with Gasteiger partial charge in [-0.1, -0.05) is 42.5 Å². The largest absolute Gasteiger partial charge is 0.478 e. The number of carbonyl (C=O) groups is 1. The second-order valence-corrected chi connectivity index (χ2v) is 9.43. The Kier molecular flexibility index (Phi) is 6.78. The molecule has 2 N–H and O–H groups in total. The topological polar surface area (TPSA) is 95.2 Å². The van der Waals surface area contributed by atoms with E-state index in [2.05, 4.69) is 17.5 Å². The van der Waals surface area contributed by atoms with Gasteiger partial charge in [0, 0.05) is 29.8 Å². The van der Waals surface area contributed by atoms with Crippen LogP contribution in [-0.2, 0) is 10.3 Å². The van der Waals surface area contributed by atoms with Crippen LogP contribution in [-0.4, -0.2) is 23.2 Å². The zero-order valence-corrected chi connectivity index (χ0v) is 21.1. The standard InChI is InChI=1S/C30H29N3O3/c1-18-14-23(19(2)32-26-9-7-6-8-22(26)29(34)35)25-16-24(28(17-31)33-27(25)15-18)20-10-12-21(13-11-20)30(3,4)36-5/h6-16,19,32H,1-5H3,(H,34,35). The number of ether oxygens (including phenoxy) is 1. The van der Waals surface area contributed by atoms with E-state index in [1.165, 1.54) is 0 Å². The zero-order chi connectivity index (χ0) is 26.0. The van der Waals surface area contributed by atoms with Crippen LogP contribution in [0.15, 0.2) is 66.7 Å². The molecule has 1 heterocycles. The number of aryl methyl sites for hydroxylation is 1. The Balaban J connectivity index is 1.82. The number of aromatic carboxylic acids is 1. The molecular weight excluding hydrogens is 450 g/mol. The summed E-state index contributed by atoms with van der Waals surface area (Å²) in [6.45, 7) is 7.99. The molecule has 0 saturated carbocycles. The number of nitriles is 1. The zero-order valence-electron chi connectivity index (χ0n) is 21.1. The summed E-state index contributed by atoms with van der Waals surface area (Å²) < 4.78 is 5.59. The first kappa shape index (κ1) is 24.9. The van der Waals surface area contributed by atoms with Gasteiger partial charge in [0.05, 0.1) is 16.7 Å². The van der Waals surface area contributed by atoms with Gasteiger partial charge in [0.1, 0.15) is 11.8 Å². The molecule has 0 amide bonds. The number of hydrogen-bond donors (Lipinski definition) is 2. The molecule has 0 spiro atoms. The van der Waals surface area contributed by atoms with Gasteiger partial charge >= 0.3 is 5.97 Å². The normalized spacial score (nSPS) is 12.2. The van der Waals surface area contributed by atoms with Crippen molar-refractivity contribution in [3.8, 4) is 17.2 Å². The summed E-state index contributed by atoms with van der Waals surface area (Å²) in [5.41, 5.74) is 6.07. The van der Waals surface area contributed by atoms with Crippen molar-refractivity contribution in [3.05, 3.63) is 94.7 Å². The molecule has 0 radical (unpaired) electrons. The van der Waals surface area contributed by atoms with Crippen LogP contribution < -0.4 is 5.32 Å². The van der Waals surface area contributed by atoms with E-state index >= 15 is 0 Å². The Morgan fingerprint density at radius 1 is 1.11 bits per heavy atom. The number of hydrogen-bond acceptors (Lipinski definition) is 5. The lowest BCUT2D eigenvalue weighted by molar-refractivity contribution is 0.0192. The second-order valence-electron chi connectivity index (χ2n) is 9.43. The minimum Gasteiger partial charge on any atom is -0.478 e. The SMILES string of the molecule is COC(C)(C)c1ccc(-c2cc3c(C(C)Nc4ccccc4C(=O)O)cc(C)cc3nc2C#N)cc1. The van der Waals surface area contributed by atoms with Gasteiger partial charge in [0.25, 0.3) is 0 Å². The lowest BCUT2D eigenvalue weighted by atomic mass is 9.93. The molecule has 3 aromatic carbocycles. The van der Waals surface area contributed by atoms with Crippen LogP contribution in [0.1, 0.15) is 59.6 Å². The molecule has 36 heavy (non-hydrogen) atoms. The molecule has 0 bridgehead atoms. The summed E-state index contributed by atoms with van der Waals surface area (Å²) in [5, 5.41) is 23.7. The van der Waals surface area contributed by atoms with Crippen molar-refractivity contribution < 1.29 is 14.6 Å². The minimum atomic E-state index is -0.984. The molecule has 1 aromatic heterocycles. The Bertz CT molecular complexity index is 1480. The van der Waals surface area contributed by atoms with E-state index in [1.54, 1.807) is 25.3 Å². The fourth-order valence-corrected chi connectivity index (χ4v) is 4.39. The molecule has 6 heteroatoms. The van der Waals surface area contributed by atoms with E-state index in [4.69, 9.17) is 9.72 Å². The highest BCUT2D eigenvalue weighted by molar-refractivity contribution is 5.94. The maximum Gasteiger partial charge on any atom is 0.337 e. The van der Waals surface area contributed by atoms with Crippen LogP contribution in [0.25, 0.3) is 22.0 Å². The number of nitrogens with one attached hydrogen (secondary N) is 1. The monoisotopic (exact) mass is 479 g/mol. The number of anilines is 1. The molecular formula is C30H29N3O3. The van der Waals surface area contributed by atoms with E-state index in [-0.39, 0.29) is 11.6 Å². The molecule has 6 nitrogen and oxygen atoms in total. The van der Waals surface area contributed by atoms with Crippen molar-refractivity contribution in [1.82, 2.24) is 4.98 Å². The van der Waals surface area contributed by atoms with Crippen molar-refractivity contribution in [2.45, 2.75) is 39.3 Å². The number of carboxylic acid groups (broad SMARTS) is 1. The molecule has 4 rings (SSSR count). The number of benzene rings is 3. The molecule has 182 valence electrons. The van der Waals surface area contributed by atoms with Crippen molar-refractivity contribution in [1.29, 1.82) is 5.26 Å². The van der Waals surface area contributed by atoms with Gasteiger partial charge in [-0.25, -0.2) is 9.78 Å². The molecule has 0 fully saturated rings. The summed E-state index contributed by atoms with van der Waals surface area (Å²) in [7, 11) is 1.68. The average Bonchev–Trinajstić information content (AvgIpc) is 2.87. The highest BCUT2D eigenvalue weighted by Crippen LogP contribution is 2.34. The minimum absolute atomic E-state index is 0.208. The number of para-hydroxylation sites is 1. The molecule has 0 aliphatic carbocycles. The van der Waals surface area contributed by atoms with Crippen LogP contribution in [0.4, 0.5) is 5.69 Å².